The first-order valence-electron chi connectivity index (χ1n) is 10.5. The summed E-state index contributed by atoms with van der Waals surface area (Å²) in [6.45, 7) is 0.395. The molecule has 7 heteroatoms. The minimum atomic E-state index is -0.451. The number of benzene rings is 3. The van der Waals surface area contributed by atoms with Crippen molar-refractivity contribution in [2.45, 2.75) is 12.6 Å². The molecule has 7 nitrogen and oxygen atoms in total. The van der Waals surface area contributed by atoms with Gasteiger partial charge in [0, 0.05) is 17.7 Å². The molecule has 0 saturated carbocycles. The zero-order valence-electron chi connectivity index (χ0n) is 17.9. The summed E-state index contributed by atoms with van der Waals surface area (Å²) >= 11 is 0. The number of aromatic hydroxyl groups is 1. The van der Waals surface area contributed by atoms with E-state index in [1.807, 2.05) is 48.5 Å². The molecule has 5 rings (SSSR count). The minimum absolute atomic E-state index is 0.0838. The number of carbonyl (C=O) groups excluding carboxylic acids is 2. The molecule has 33 heavy (non-hydrogen) atoms. The molecule has 0 spiro atoms. The van der Waals surface area contributed by atoms with E-state index in [0.29, 0.717) is 34.6 Å². The summed E-state index contributed by atoms with van der Waals surface area (Å²) in [5.41, 5.74) is 4.39. The highest BCUT2D eigenvalue weighted by Crippen LogP contribution is 2.45. The number of aromatic amines is 1. The number of carbonyl (C=O) groups is 2. The van der Waals surface area contributed by atoms with Gasteiger partial charge in [-0.15, -0.1) is 0 Å². The molecular weight excluding hydrogens is 418 g/mol. The van der Waals surface area contributed by atoms with Crippen LogP contribution in [-0.4, -0.2) is 39.2 Å². The Kier molecular flexibility index (Phi) is 5.14. The second-order valence-electron chi connectivity index (χ2n) is 7.81. The van der Waals surface area contributed by atoms with Crippen LogP contribution in [0.3, 0.4) is 0 Å². The standard InChI is InChI=1S/C26H21N3O4/c1-33-26(32)18-13-11-17(12-14-18)24-21-22(19-9-5-6-10-20(19)30)27-28-23(21)25(31)29(24)15-16-7-3-2-4-8-16/h2-14,24,30H,15H2,1H3,(H,27,28). The third-order valence-electron chi connectivity index (χ3n) is 5.87. The van der Waals surface area contributed by atoms with E-state index >= 15 is 0 Å². The third kappa shape index (κ3) is 3.53. The first kappa shape index (κ1) is 20.5. The van der Waals surface area contributed by atoms with Gasteiger partial charge < -0.3 is 14.7 Å². The number of fused-ring (bicyclic) bond motifs is 1. The molecule has 0 saturated heterocycles. The minimum Gasteiger partial charge on any atom is -0.507 e. The molecule has 0 radical (unpaired) electrons. The van der Waals surface area contributed by atoms with Gasteiger partial charge in [0.1, 0.15) is 17.1 Å². The van der Waals surface area contributed by atoms with Crippen molar-refractivity contribution < 1.29 is 19.4 Å². The number of aromatic nitrogens is 2. The highest BCUT2D eigenvalue weighted by atomic mass is 16.5. The number of esters is 1. The number of nitrogens with one attached hydrogen (secondary N) is 1. The topological polar surface area (TPSA) is 95.5 Å². The number of nitrogens with zero attached hydrogens (tertiary/aromatic N) is 2. The Morgan fingerprint density at radius 1 is 1.03 bits per heavy atom. The fraction of sp³-hybridized carbons (Fsp3) is 0.115. The largest absolute Gasteiger partial charge is 0.507 e. The molecule has 1 aliphatic rings. The lowest BCUT2D eigenvalue weighted by Crippen LogP contribution is -2.29. The average molecular weight is 439 g/mol. The summed E-state index contributed by atoms with van der Waals surface area (Å²) in [5.74, 6) is -0.519. The van der Waals surface area contributed by atoms with Gasteiger partial charge in [-0.05, 0) is 35.4 Å². The Morgan fingerprint density at radius 3 is 2.42 bits per heavy atom. The zero-order chi connectivity index (χ0) is 22.9. The number of hydrogen-bond donors (Lipinski definition) is 2. The molecule has 3 aromatic carbocycles. The van der Waals surface area contributed by atoms with Crippen molar-refractivity contribution in [3.05, 3.63) is 107 Å². The first-order chi connectivity index (χ1) is 16.1. The maximum atomic E-state index is 13.5. The molecule has 164 valence electrons. The van der Waals surface area contributed by atoms with E-state index in [-0.39, 0.29) is 11.7 Å². The molecule has 0 aliphatic carbocycles. The van der Waals surface area contributed by atoms with Gasteiger partial charge in [-0.1, -0.05) is 54.6 Å². The summed E-state index contributed by atoms with van der Waals surface area (Å²) in [6, 6.07) is 23.2. The second kappa shape index (κ2) is 8.27. The Bertz CT molecular complexity index is 1330. The fourth-order valence-corrected chi connectivity index (χ4v) is 4.28. The highest BCUT2D eigenvalue weighted by Gasteiger charge is 2.42. The number of phenolic OH excluding ortho intramolecular Hbond substituents is 1. The number of para-hydroxylation sites is 1. The van der Waals surface area contributed by atoms with E-state index in [4.69, 9.17) is 4.74 Å². The summed E-state index contributed by atoms with van der Waals surface area (Å²) in [6.07, 6.45) is 0. The fourth-order valence-electron chi connectivity index (χ4n) is 4.28. The van der Waals surface area contributed by atoms with Crippen LogP contribution in [0.1, 0.15) is 43.6 Å². The number of phenols is 1. The normalized spacial score (nSPS) is 14.9. The molecule has 0 fully saturated rings. The molecule has 4 aromatic rings. The van der Waals surface area contributed by atoms with Gasteiger partial charge >= 0.3 is 5.97 Å². The molecule has 2 heterocycles. The van der Waals surface area contributed by atoms with Crippen LogP contribution in [-0.2, 0) is 11.3 Å². The van der Waals surface area contributed by atoms with Crippen LogP contribution in [0.25, 0.3) is 11.3 Å². The quantitative estimate of drug-likeness (QED) is 0.452. The predicted molar refractivity (Wildman–Crippen MR) is 122 cm³/mol. The predicted octanol–water partition coefficient (Wildman–Crippen LogP) is 4.31. The Balaban J connectivity index is 1.64. The summed E-state index contributed by atoms with van der Waals surface area (Å²) in [4.78, 5) is 27.1. The van der Waals surface area contributed by atoms with Crippen LogP contribution in [0.15, 0.2) is 78.9 Å². The SMILES string of the molecule is COC(=O)c1ccc(C2c3c(-c4ccccc4O)n[nH]c3C(=O)N2Cc2ccccc2)cc1. The molecule has 1 atom stereocenters. The molecule has 1 amide bonds. The molecular formula is C26H21N3O4. The van der Waals surface area contributed by atoms with Gasteiger partial charge in [0.25, 0.3) is 5.91 Å². The Labute approximate surface area is 190 Å². The molecule has 2 N–H and O–H groups in total. The Hall–Kier alpha value is -4.39. The lowest BCUT2D eigenvalue weighted by molar-refractivity contribution is 0.0600. The van der Waals surface area contributed by atoms with Gasteiger partial charge in [-0.25, -0.2) is 4.79 Å². The third-order valence-corrected chi connectivity index (χ3v) is 5.87. The van der Waals surface area contributed by atoms with Crippen LogP contribution >= 0.6 is 0 Å². The van der Waals surface area contributed by atoms with Gasteiger partial charge in [-0.2, -0.15) is 5.10 Å². The smallest absolute Gasteiger partial charge is 0.337 e. The second-order valence-corrected chi connectivity index (χ2v) is 7.81. The lowest BCUT2D eigenvalue weighted by Gasteiger charge is -2.26. The monoisotopic (exact) mass is 439 g/mol. The van der Waals surface area contributed by atoms with Crippen LogP contribution in [0.2, 0.25) is 0 Å². The summed E-state index contributed by atoms with van der Waals surface area (Å²) < 4.78 is 4.81. The maximum Gasteiger partial charge on any atom is 0.337 e. The van der Waals surface area contributed by atoms with Crippen molar-refractivity contribution >= 4 is 11.9 Å². The highest BCUT2D eigenvalue weighted by molar-refractivity contribution is 6.00. The van der Waals surface area contributed by atoms with Gasteiger partial charge in [-0.3, -0.25) is 9.89 Å². The number of H-pyrrole nitrogens is 1. The molecule has 1 aliphatic heterocycles. The number of methoxy groups -OCH3 is 1. The van der Waals surface area contributed by atoms with Crippen molar-refractivity contribution in [1.29, 1.82) is 0 Å². The van der Waals surface area contributed by atoms with E-state index in [9.17, 15) is 14.7 Å². The summed E-state index contributed by atoms with van der Waals surface area (Å²) in [7, 11) is 1.34. The van der Waals surface area contributed by atoms with Gasteiger partial charge in [0.2, 0.25) is 0 Å². The molecule has 1 unspecified atom stereocenters. The van der Waals surface area contributed by atoms with E-state index < -0.39 is 12.0 Å². The lowest BCUT2D eigenvalue weighted by atomic mass is 9.95. The number of amides is 1. The van der Waals surface area contributed by atoms with Crippen molar-refractivity contribution in [2.24, 2.45) is 0 Å². The van der Waals surface area contributed by atoms with Crippen molar-refractivity contribution in [2.75, 3.05) is 7.11 Å². The van der Waals surface area contributed by atoms with Crippen molar-refractivity contribution in [1.82, 2.24) is 15.1 Å². The van der Waals surface area contributed by atoms with Crippen molar-refractivity contribution in [3.8, 4) is 17.0 Å². The molecule has 1 aromatic heterocycles. The zero-order valence-corrected chi connectivity index (χ0v) is 17.9. The van der Waals surface area contributed by atoms with Gasteiger partial charge in [0.15, 0.2) is 0 Å². The van der Waals surface area contributed by atoms with Gasteiger partial charge in [0.05, 0.1) is 18.7 Å². The summed E-state index contributed by atoms with van der Waals surface area (Å²) in [5, 5.41) is 17.7. The van der Waals surface area contributed by atoms with E-state index in [2.05, 4.69) is 10.2 Å². The van der Waals surface area contributed by atoms with Crippen LogP contribution in [0.4, 0.5) is 0 Å². The average Bonchev–Trinajstić information content (AvgIpc) is 3.39. The van der Waals surface area contributed by atoms with E-state index in [0.717, 1.165) is 11.1 Å². The van der Waals surface area contributed by atoms with E-state index in [1.54, 1.807) is 35.2 Å². The van der Waals surface area contributed by atoms with E-state index in [1.165, 1.54) is 7.11 Å². The number of rotatable bonds is 5. The van der Waals surface area contributed by atoms with Crippen LogP contribution in [0, 0.1) is 0 Å². The number of hydrogen-bond acceptors (Lipinski definition) is 5. The van der Waals surface area contributed by atoms with Crippen molar-refractivity contribution in [3.63, 3.8) is 0 Å². The molecule has 0 bridgehead atoms. The van der Waals surface area contributed by atoms with Crippen LogP contribution in [0.5, 0.6) is 5.75 Å². The number of ether oxygens (including phenoxy) is 1. The maximum absolute atomic E-state index is 13.5. The first-order valence-corrected chi connectivity index (χ1v) is 10.5. The Morgan fingerprint density at radius 2 is 1.73 bits per heavy atom. The van der Waals surface area contributed by atoms with Crippen LogP contribution < -0.4 is 0 Å².